The van der Waals surface area contributed by atoms with Gasteiger partial charge in [0.05, 0.1) is 12.0 Å². The summed E-state index contributed by atoms with van der Waals surface area (Å²) >= 11 is 0. The Hall–Kier alpha value is -1.60. The molecule has 6 nitrogen and oxygen atoms in total. The molecule has 24 heavy (non-hydrogen) atoms. The summed E-state index contributed by atoms with van der Waals surface area (Å²) in [6.07, 6.45) is 1.12. The second-order valence-electron chi connectivity index (χ2n) is 6.50. The molecule has 0 N–H and O–H groups in total. The number of ether oxygens (including phenoxy) is 1. The minimum absolute atomic E-state index is 0.0727. The molecule has 7 heteroatoms. The van der Waals surface area contributed by atoms with E-state index in [2.05, 4.69) is 0 Å². The topological polar surface area (TPSA) is 66.9 Å². The number of aryl methyl sites for hydroxylation is 2. The van der Waals surface area contributed by atoms with Gasteiger partial charge in [-0.15, -0.1) is 0 Å². The van der Waals surface area contributed by atoms with E-state index in [9.17, 15) is 13.2 Å². The molecule has 0 aromatic heterocycles. The summed E-state index contributed by atoms with van der Waals surface area (Å²) in [5.41, 5.74) is 1.46. The van der Waals surface area contributed by atoms with Gasteiger partial charge in [0.15, 0.2) is 0 Å². The van der Waals surface area contributed by atoms with Gasteiger partial charge in [-0.1, -0.05) is 0 Å². The van der Waals surface area contributed by atoms with Crippen LogP contribution >= 0.6 is 0 Å². The van der Waals surface area contributed by atoms with Crippen LogP contribution in [0.15, 0.2) is 17.0 Å². The summed E-state index contributed by atoms with van der Waals surface area (Å²) in [5.74, 6) is 0.662. The number of carbonyl (C=O) groups excluding carboxylic acids is 1. The van der Waals surface area contributed by atoms with E-state index in [1.807, 2.05) is 6.92 Å². The highest BCUT2D eigenvalue weighted by Crippen LogP contribution is 2.30. The van der Waals surface area contributed by atoms with Crippen molar-refractivity contribution in [2.24, 2.45) is 5.92 Å². The Bertz CT molecular complexity index is 720. The molecule has 1 aliphatic rings. The Morgan fingerprint density at radius 3 is 2.25 bits per heavy atom. The summed E-state index contributed by atoms with van der Waals surface area (Å²) in [4.78, 5) is 13.9. The molecule has 0 bridgehead atoms. The summed E-state index contributed by atoms with van der Waals surface area (Å²) < 4.78 is 32.7. The quantitative estimate of drug-likeness (QED) is 0.827. The lowest BCUT2D eigenvalue weighted by Gasteiger charge is -2.32. The van der Waals surface area contributed by atoms with Crippen molar-refractivity contribution in [1.82, 2.24) is 9.21 Å². The maximum Gasteiger partial charge on any atom is 0.243 e. The van der Waals surface area contributed by atoms with E-state index in [1.54, 1.807) is 45.2 Å². The predicted molar refractivity (Wildman–Crippen MR) is 92.6 cm³/mol. The van der Waals surface area contributed by atoms with Crippen LogP contribution < -0.4 is 4.74 Å². The van der Waals surface area contributed by atoms with Crippen molar-refractivity contribution in [2.75, 3.05) is 34.3 Å². The maximum absolute atomic E-state index is 13.0. The molecule has 1 aromatic rings. The third-order valence-electron chi connectivity index (χ3n) is 4.55. The van der Waals surface area contributed by atoms with Gasteiger partial charge in [0.2, 0.25) is 15.9 Å². The van der Waals surface area contributed by atoms with Crippen molar-refractivity contribution in [3.63, 3.8) is 0 Å². The fraction of sp³-hybridized carbons (Fsp3) is 0.588. The van der Waals surface area contributed by atoms with E-state index >= 15 is 0 Å². The zero-order chi connectivity index (χ0) is 18.1. The summed E-state index contributed by atoms with van der Waals surface area (Å²) in [6, 6.07) is 3.42. The number of benzene rings is 1. The van der Waals surface area contributed by atoms with Crippen LogP contribution in [0.2, 0.25) is 0 Å². The Labute approximate surface area is 144 Å². The first-order valence-electron chi connectivity index (χ1n) is 8.05. The van der Waals surface area contributed by atoms with E-state index in [0.29, 0.717) is 42.1 Å². The van der Waals surface area contributed by atoms with E-state index in [0.717, 1.165) is 5.56 Å². The smallest absolute Gasteiger partial charge is 0.243 e. The van der Waals surface area contributed by atoms with Crippen molar-refractivity contribution in [3.05, 3.63) is 23.3 Å². The van der Waals surface area contributed by atoms with Gasteiger partial charge in [-0.2, -0.15) is 4.31 Å². The monoisotopic (exact) mass is 354 g/mol. The van der Waals surface area contributed by atoms with Crippen LogP contribution in [0.3, 0.4) is 0 Å². The molecule has 0 aliphatic carbocycles. The van der Waals surface area contributed by atoms with Crippen LogP contribution in [0.1, 0.15) is 24.0 Å². The van der Waals surface area contributed by atoms with Crippen LogP contribution in [-0.2, 0) is 14.8 Å². The van der Waals surface area contributed by atoms with Crippen LogP contribution in [0.4, 0.5) is 0 Å². The molecule has 1 heterocycles. The molecule has 1 aromatic carbocycles. The van der Waals surface area contributed by atoms with Crippen molar-refractivity contribution >= 4 is 15.9 Å². The van der Waals surface area contributed by atoms with Gasteiger partial charge in [-0.3, -0.25) is 4.79 Å². The van der Waals surface area contributed by atoms with Gasteiger partial charge in [-0.25, -0.2) is 8.42 Å². The van der Waals surface area contributed by atoms with Gasteiger partial charge in [0.25, 0.3) is 0 Å². The Kier molecular flexibility index (Phi) is 5.55. The molecule has 1 fully saturated rings. The summed E-state index contributed by atoms with van der Waals surface area (Å²) in [6.45, 7) is 4.35. The Balaban J connectivity index is 2.21. The zero-order valence-corrected chi connectivity index (χ0v) is 15.8. The van der Waals surface area contributed by atoms with E-state index < -0.39 is 10.0 Å². The normalized spacial score (nSPS) is 16.9. The average Bonchev–Trinajstić information content (AvgIpc) is 2.55. The van der Waals surface area contributed by atoms with E-state index in [4.69, 9.17) is 4.74 Å². The molecule has 0 radical (unpaired) electrons. The molecule has 2 rings (SSSR count). The minimum atomic E-state index is -3.56. The highest BCUT2D eigenvalue weighted by molar-refractivity contribution is 7.89. The first-order chi connectivity index (χ1) is 11.2. The molecular formula is C17H26N2O4S. The first-order valence-corrected chi connectivity index (χ1v) is 9.49. The number of nitrogens with zero attached hydrogens (tertiary/aromatic N) is 2. The van der Waals surface area contributed by atoms with Gasteiger partial charge < -0.3 is 9.64 Å². The lowest BCUT2D eigenvalue weighted by molar-refractivity contribution is -0.134. The van der Waals surface area contributed by atoms with Crippen LogP contribution in [-0.4, -0.2) is 57.8 Å². The molecule has 1 amide bonds. The average molecular weight is 354 g/mol. The molecule has 0 unspecified atom stereocenters. The highest BCUT2D eigenvalue weighted by atomic mass is 32.2. The van der Waals surface area contributed by atoms with Gasteiger partial charge in [-0.05, 0) is 49.9 Å². The van der Waals surface area contributed by atoms with Crippen molar-refractivity contribution in [3.8, 4) is 5.75 Å². The number of piperidine rings is 1. The molecule has 0 saturated carbocycles. The van der Waals surface area contributed by atoms with Crippen molar-refractivity contribution < 1.29 is 17.9 Å². The number of hydrogen-bond donors (Lipinski definition) is 0. The van der Waals surface area contributed by atoms with Gasteiger partial charge in [0, 0.05) is 33.1 Å². The standard InChI is InChI=1S/C17H26N2O4S/c1-12-11-16(13(2)10-15(12)23-5)24(21,22)19-8-6-14(7-9-19)17(20)18(3)4/h10-11,14H,6-9H2,1-5H3. The number of amides is 1. The Morgan fingerprint density at radius 1 is 1.17 bits per heavy atom. The number of methoxy groups -OCH3 is 1. The van der Waals surface area contributed by atoms with E-state index in [1.165, 1.54) is 4.31 Å². The second-order valence-corrected chi connectivity index (χ2v) is 8.40. The number of hydrogen-bond acceptors (Lipinski definition) is 4. The van der Waals surface area contributed by atoms with Gasteiger partial charge >= 0.3 is 0 Å². The first kappa shape index (κ1) is 18.7. The maximum atomic E-state index is 13.0. The van der Waals surface area contributed by atoms with Gasteiger partial charge in [0.1, 0.15) is 5.75 Å². The largest absolute Gasteiger partial charge is 0.496 e. The fourth-order valence-electron chi connectivity index (χ4n) is 3.11. The Morgan fingerprint density at radius 2 is 1.75 bits per heavy atom. The number of carbonyl (C=O) groups is 1. The van der Waals surface area contributed by atoms with Crippen molar-refractivity contribution in [1.29, 1.82) is 0 Å². The minimum Gasteiger partial charge on any atom is -0.496 e. The lowest BCUT2D eigenvalue weighted by atomic mass is 9.97. The summed E-state index contributed by atoms with van der Waals surface area (Å²) in [7, 11) is 1.48. The third kappa shape index (κ3) is 3.57. The molecule has 134 valence electrons. The second kappa shape index (κ2) is 7.11. The molecule has 0 atom stereocenters. The zero-order valence-electron chi connectivity index (χ0n) is 15.0. The number of rotatable bonds is 4. The van der Waals surface area contributed by atoms with E-state index in [-0.39, 0.29) is 11.8 Å². The number of sulfonamides is 1. The van der Waals surface area contributed by atoms with Crippen LogP contribution in [0.25, 0.3) is 0 Å². The fourth-order valence-corrected chi connectivity index (χ4v) is 4.87. The molecule has 1 saturated heterocycles. The SMILES string of the molecule is COc1cc(C)c(S(=O)(=O)N2CCC(C(=O)N(C)C)CC2)cc1C. The molecule has 1 aliphatic heterocycles. The van der Waals surface area contributed by atoms with Crippen molar-refractivity contribution in [2.45, 2.75) is 31.6 Å². The molecular weight excluding hydrogens is 328 g/mol. The van der Waals surface area contributed by atoms with Crippen LogP contribution in [0.5, 0.6) is 5.75 Å². The third-order valence-corrected chi connectivity index (χ3v) is 6.59. The summed E-state index contributed by atoms with van der Waals surface area (Å²) in [5, 5.41) is 0. The molecule has 0 spiro atoms. The lowest BCUT2D eigenvalue weighted by Crippen LogP contribution is -2.42. The highest BCUT2D eigenvalue weighted by Gasteiger charge is 2.33. The van der Waals surface area contributed by atoms with Crippen LogP contribution in [0, 0.1) is 19.8 Å². The predicted octanol–water partition coefficient (Wildman–Crippen LogP) is 1.80.